The van der Waals surface area contributed by atoms with Crippen molar-refractivity contribution in [2.45, 2.75) is 6.54 Å². The molecule has 0 spiro atoms. The van der Waals surface area contributed by atoms with Gasteiger partial charge in [0.25, 0.3) is 0 Å². The monoisotopic (exact) mass is 192 g/mol. The summed E-state index contributed by atoms with van der Waals surface area (Å²) >= 11 is 1.15. The number of hydrogen-bond donors (Lipinski definition) is 0. The Bertz CT molecular complexity index is 288. The van der Waals surface area contributed by atoms with Crippen molar-refractivity contribution in [3.63, 3.8) is 0 Å². The fourth-order valence-electron chi connectivity index (χ4n) is 0.787. The van der Waals surface area contributed by atoms with E-state index >= 15 is 0 Å². The van der Waals surface area contributed by atoms with Crippen LogP contribution in [-0.2, 0) is 6.54 Å². The molecule has 1 aromatic rings. The molecular formula is C7H9LiN2O2S. The summed E-state index contributed by atoms with van der Waals surface area (Å²) in [5.41, 5.74) is 0. The Balaban J connectivity index is 0.00000144. The zero-order chi connectivity index (χ0) is 9.14. The summed E-state index contributed by atoms with van der Waals surface area (Å²) in [5, 5.41) is 10.4. The zero-order valence-electron chi connectivity index (χ0n) is 7.90. The van der Waals surface area contributed by atoms with Crippen LogP contribution < -0.4 is 24.0 Å². The van der Waals surface area contributed by atoms with Crippen molar-refractivity contribution < 1.29 is 28.8 Å². The summed E-state index contributed by atoms with van der Waals surface area (Å²) in [6, 6.07) is 0. The van der Waals surface area contributed by atoms with Crippen LogP contribution in [0.3, 0.4) is 0 Å². The molecule has 0 aliphatic rings. The van der Waals surface area contributed by atoms with Crippen LogP contribution in [0, 0.1) is 0 Å². The Kier molecular flexibility index (Phi) is 5.26. The molecule has 4 nitrogen and oxygen atoms in total. The standard InChI is InChI=1S/C7H10N2O2S.Li/c1-9(2)4-5-3-8-6(12-5)7(10)11;/h3H,4H2,1-2H3,(H,10,11);/q;+1/p-1. The molecule has 0 aliphatic heterocycles. The minimum Gasteiger partial charge on any atom is -0.542 e. The molecule has 0 fully saturated rings. The molecule has 1 rings (SSSR count). The van der Waals surface area contributed by atoms with Crippen molar-refractivity contribution in [2.24, 2.45) is 0 Å². The Hall–Kier alpha value is -0.343. The minimum atomic E-state index is -1.20. The van der Waals surface area contributed by atoms with Crippen LogP contribution in [0.15, 0.2) is 6.20 Å². The Morgan fingerprint density at radius 2 is 2.31 bits per heavy atom. The zero-order valence-corrected chi connectivity index (χ0v) is 8.72. The topological polar surface area (TPSA) is 56.3 Å². The molecule has 0 radical (unpaired) electrons. The second-order valence-electron chi connectivity index (χ2n) is 2.66. The predicted molar refractivity (Wildman–Crippen MR) is 43.8 cm³/mol. The summed E-state index contributed by atoms with van der Waals surface area (Å²) < 4.78 is 0. The van der Waals surface area contributed by atoms with Gasteiger partial charge in [0, 0.05) is 17.6 Å². The number of rotatable bonds is 3. The van der Waals surface area contributed by atoms with Gasteiger partial charge in [-0.05, 0) is 14.1 Å². The fourth-order valence-corrected chi connectivity index (χ4v) is 1.65. The number of carbonyl (C=O) groups is 1. The maximum atomic E-state index is 10.3. The molecule has 0 atom stereocenters. The minimum absolute atomic E-state index is 0. The maximum absolute atomic E-state index is 10.3. The normalized spacial score (nSPS) is 9.77. The number of nitrogens with zero attached hydrogens (tertiary/aromatic N) is 2. The van der Waals surface area contributed by atoms with Gasteiger partial charge in [-0.15, -0.1) is 11.3 Å². The quantitative estimate of drug-likeness (QED) is 0.468. The number of thiazole rings is 1. The van der Waals surface area contributed by atoms with E-state index in [1.165, 1.54) is 0 Å². The third-order valence-corrected chi connectivity index (χ3v) is 2.16. The summed E-state index contributed by atoms with van der Waals surface area (Å²) in [7, 11) is 3.83. The SMILES string of the molecule is CN(C)Cc1cnc(C(=O)[O-])s1.[Li+]. The van der Waals surface area contributed by atoms with Crippen LogP contribution in [0.1, 0.15) is 14.7 Å². The van der Waals surface area contributed by atoms with Gasteiger partial charge in [-0.1, -0.05) is 0 Å². The number of carbonyl (C=O) groups excluding carboxylic acids is 1. The van der Waals surface area contributed by atoms with Crippen LogP contribution in [0.2, 0.25) is 0 Å². The molecule has 66 valence electrons. The van der Waals surface area contributed by atoms with Crippen molar-refractivity contribution in [1.82, 2.24) is 9.88 Å². The molecule has 0 aromatic carbocycles. The van der Waals surface area contributed by atoms with Crippen molar-refractivity contribution in [3.05, 3.63) is 16.1 Å². The van der Waals surface area contributed by atoms with E-state index in [2.05, 4.69) is 4.98 Å². The molecule has 6 heteroatoms. The van der Waals surface area contributed by atoms with Gasteiger partial charge >= 0.3 is 18.9 Å². The van der Waals surface area contributed by atoms with Gasteiger partial charge < -0.3 is 14.8 Å². The Labute approximate surface area is 92.8 Å². The van der Waals surface area contributed by atoms with Crippen molar-refractivity contribution in [3.8, 4) is 0 Å². The average Bonchev–Trinajstić information content (AvgIpc) is 2.34. The average molecular weight is 192 g/mol. The Morgan fingerprint density at radius 3 is 2.69 bits per heavy atom. The maximum Gasteiger partial charge on any atom is 1.00 e. The smallest absolute Gasteiger partial charge is 0.542 e. The van der Waals surface area contributed by atoms with Crippen LogP contribution in [0.5, 0.6) is 0 Å². The van der Waals surface area contributed by atoms with Crippen molar-refractivity contribution in [2.75, 3.05) is 14.1 Å². The van der Waals surface area contributed by atoms with Gasteiger partial charge in [-0.3, -0.25) is 0 Å². The Morgan fingerprint density at radius 1 is 1.69 bits per heavy atom. The van der Waals surface area contributed by atoms with E-state index in [9.17, 15) is 9.90 Å². The molecule has 0 saturated heterocycles. The molecule has 0 unspecified atom stereocenters. The number of aromatic nitrogens is 1. The van der Waals surface area contributed by atoms with Gasteiger partial charge in [0.15, 0.2) is 0 Å². The summed E-state index contributed by atoms with van der Waals surface area (Å²) in [6.07, 6.45) is 1.57. The molecule has 0 amide bonds. The number of carboxylic acid groups (broad SMARTS) is 1. The fraction of sp³-hybridized carbons (Fsp3) is 0.429. The van der Waals surface area contributed by atoms with E-state index in [4.69, 9.17) is 0 Å². The van der Waals surface area contributed by atoms with E-state index < -0.39 is 5.97 Å². The third kappa shape index (κ3) is 3.92. The van der Waals surface area contributed by atoms with Crippen molar-refractivity contribution >= 4 is 17.3 Å². The first kappa shape index (κ1) is 12.7. The van der Waals surface area contributed by atoms with Gasteiger partial charge in [-0.25, -0.2) is 4.98 Å². The molecule has 0 N–H and O–H groups in total. The second-order valence-corrected chi connectivity index (χ2v) is 3.77. The van der Waals surface area contributed by atoms with Gasteiger partial charge in [0.1, 0.15) is 11.0 Å². The van der Waals surface area contributed by atoms with E-state index in [-0.39, 0.29) is 23.9 Å². The first-order chi connectivity index (χ1) is 5.59. The molecular weight excluding hydrogens is 183 g/mol. The van der Waals surface area contributed by atoms with Crippen LogP contribution in [0.25, 0.3) is 0 Å². The molecule has 13 heavy (non-hydrogen) atoms. The summed E-state index contributed by atoms with van der Waals surface area (Å²) in [6.45, 7) is 0.713. The van der Waals surface area contributed by atoms with E-state index in [1.807, 2.05) is 19.0 Å². The predicted octanol–water partition coefficient (Wildman–Crippen LogP) is -3.43. The summed E-state index contributed by atoms with van der Waals surface area (Å²) in [4.78, 5) is 16.9. The summed E-state index contributed by atoms with van der Waals surface area (Å²) in [5.74, 6) is -1.20. The van der Waals surface area contributed by atoms with Gasteiger partial charge in [0.2, 0.25) is 0 Å². The molecule has 1 aromatic heterocycles. The van der Waals surface area contributed by atoms with Crippen LogP contribution in [-0.4, -0.2) is 29.9 Å². The van der Waals surface area contributed by atoms with Gasteiger partial charge in [-0.2, -0.15) is 0 Å². The van der Waals surface area contributed by atoms with Gasteiger partial charge in [0.05, 0.1) is 0 Å². The van der Waals surface area contributed by atoms with Crippen LogP contribution >= 0.6 is 11.3 Å². The largest absolute Gasteiger partial charge is 1.00 e. The molecule has 0 bridgehead atoms. The first-order valence-electron chi connectivity index (χ1n) is 3.40. The van der Waals surface area contributed by atoms with E-state index in [1.54, 1.807) is 6.20 Å². The second kappa shape index (κ2) is 5.40. The molecule has 0 saturated carbocycles. The first-order valence-corrected chi connectivity index (χ1v) is 4.22. The number of aromatic carboxylic acids is 1. The van der Waals surface area contributed by atoms with E-state index in [0.29, 0.717) is 6.54 Å². The van der Waals surface area contributed by atoms with Crippen LogP contribution in [0.4, 0.5) is 0 Å². The third-order valence-electron chi connectivity index (χ3n) is 1.20. The number of hydrogen-bond acceptors (Lipinski definition) is 5. The van der Waals surface area contributed by atoms with Crippen molar-refractivity contribution in [1.29, 1.82) is 0 Å². The van der Waals surface area contributed by atoms with E-state index in [0.717, 1.165) is 16.2 Å². The number of carboxylic acids is 1. The molecule has 0 aliphatic carbocycles. The molecule has 1 heterocycles.